The molecule has 0 aliphatic heterocycles. The highest BCUT2D eigenvalue weighted by molar-refractivity contribution is 4.98. The first-order valence-electron chi connectivity index (χ1n) is 5.58. The van der Waals surface area contributed by atoms with Crippen molar-refractivity contribution in [3.63, 3.8) is 0 Å². The Morgan fingerprint density at radius 1 is 1.57 bits per heavy atom. The van der Waals surface area contributed by atoms with Crippen molar-refractivity contribution < 1.29 is 4.42 Å². The fraction of sp³-hybridized carbons (Fsp3) is 0.667. The predicted molar refractivity (Wildman–Crippen MR) is 57.2 cm³/mol. The van der Waals surface area contributed by atoms with Crippen molar-refractivity contribution in [2.24, 2.45) is 5.92 Å². The summed E-state index contributed by atoms with van der Waals surface area (Å²) in [7, 11) is 2.06. The van der Waals surface area contributed by atoms with Crippen molar-refractivity contribution in [1.82, 2.24) is 5.32 Å². The van der Waals surface area contributed by atoms with Gasteiger partial charge < -0.3 is 9.73 Å². The van der Waals surface area contributed by atoms with Crippen LogP contribution < -0.4 is 5.32 Å². The van der Waals surface area contributed by atoms with E-state index in [1.165, 1.54) is 25.7 Å². The molecule has 0 saturated heterocycles. The van der Waals surface area contributed by atoms with Crippen molar-refractivity contribution in [3.8, 4) is 0 Å². The summed E-state index contributed by atoms with van der Waals surface area (Å²) in [6, 6.07) is 4.70. The Morgan fingerprint density at radius 2 is 2.43 bits per heavy atom. The first kappa shape index (κ1) is 9.78. The largest absolute Gasteiger partial charge is 0.469 e. The SMILES string of the molecule is CNC(CCc1ccco1)CC1CC1. The highest BCUT2D eigenvalue weighted by atomic mass is 16.3. The van der Waals surface area contributed by atoms with Crippen LogP contribution in [0.2, 0.25) is 0 Å². The smallest absolute Gasteiger partial charge is 0.103 e. The van der Waals surface area contributed by atoms with Crippen LogP contribution in [0.3, 0.4) is 0 Å². The minimum atomic E-state index is 0.674. The van der Waals surface area contributed by atoms with Gasteiger partial charge in [-0.2, -0.15) is 0 Å². The van der Waals surface area contributed by atoms with Gasteiger partial charge >= 0.3 is 0 Å². The van der Waals surface area contributed by atoms with Crippen molar-refractivity contribution >= 4 is 0 Å². The van der Waals surface area contributed by atoms with E-state index >= 15 is 0 Å². The average Bonchev–Trinajstić information content (AvgIpc) is 2.86. The first-order valence-corrected chi connectivity index (χ1v) is 5.58. The Bertz CT molecular complexity index is 251. The molecule has 2 heteroatoms. The van der Waals surface area contributed by atoms with Crippen LogP contribution in [0.25, 0.3) is 0 Å². The summed E-state index contributed by atoms with van der Waals surface area (Å²) in [6.45, 7) is 0. The Kier molecular flexibility index (Phi) is 3.25. The van der Waals surface area contributed by atoms with E-state index in [2.05, 4.69) is 18.4 Å². The lowest BCUT2D eigenvalue weighted by molar-refractivity contribution is 0.432. The van der Waals surface area contributed by atoms with Gasteiger partial charge in [-0.1, -0.05) is 12.8 Å². The lowest BCUT2D eigenvalue weighted by atomic mass is 10.0. The third-order valence-corrected chi connectivity index (χ3v) is 3.04. The molecule has 0 bridgehead atoms. The van der Waals surface area contributed by atoms with E-state index in [4.69, 9.17) is 4.42 Å². The Balaban J connectivity index is 1.71. The normalized spacial score (nSPS) is 18.4. The number of nitrogens with one attached hydrogen (secondary N) is 1. The fourth-order valence-corrected chi connectivity index (χ4v) is 1.91. The summed E-state index contributed by atoms with van der Waals surface area (Å²) in [5.41, 5.74) is 0. The molecule has 0 amide bonds. The molecule has 0 radical (unpaired) electrons. The van der Waals surface area contributed by atoms with E-state index < -0.39 is 0 Å². The molecule has 1 atom stereocenters. The van der Waals surface area contributed by atoms with Crippen LogP contribution in [0.5, 0.6) is 0 Å². The first-order chi connectivity index (χ1) is 6.88. The number of furan rings is 1. The van der Waals surface area contributed by atoms with Crippen LogP contribution in [0.4, 0.5) is 0 Å². The Morgan fingerprint density at radius 3 is 3.00 bits per heavy atom. The molecule has 1 aromatic rings. The van der Waals surface area contributed by atoms with Crippen LogP contribution >= 0.6 is 0 Å². The van der Waals surface area contributed by atoms with Gasteiger partial charge in [-0.3, -0.25) is 0 Å². The molecule has 1 aliphatic rings. The maximum Gasteiger partial charge on any atom is 0.103 e. The molecule has 2 rings (SSSR count). The minimum Gasteiger partial charge on any atom is -0.469 e. The van der Waals surface area contributed by atoms with Crippen molar-refractivity contribution in [2.45, 2.75) is 38.1 Å². The average molecular weight is 193 g/mol. The molecule has 2 nitrogen and oxygen atoms in total. The Labute approximate surface area is 85.7 Å². The molecule has 0 aromatic carbocycles. The van der Waals surface area contributed by atoms with Gasteiger partial charge in [-0.05, 0) is 37.9 Å². The van der Waals surface area contributed by atoms with Crippen LogP contribution in [-0.4, -0.2) is 13.1 Å². The highest BCUT2D eigenvalue weighted by Crippen LogP contribution is 2.34. The second-order valence-corrected chi connectivity index (χ2v) is 4.28. The van der Waals surface area contributed by atoms with Gasteiger partial charge in [-0.15, -0.1) is 0 Å². The molecule has 78 valence electrons. The minimum absolute atomic E-state index is 0.674. The van der Waals surface area contributed by atoms with Gasteiger partial charge in [0.15, 0.2) is 0 Å². The van der Waals surface area contributed by atoms with Gasteiger partial charge in [0.2, 0.25) is 0 Å². The summed E-state index contributed by atoms with van der Waals surface area (Å²) in [5, 5.41) is 3.39. The van der Waals surface area contributed by atoms with E-state index in [0.29, 0.717) is 6.04 Å². The summed E-state index contributed by atoms with van der Waals surface area (Å²) in [4.78, 5) is 0. The number of hydrogen-bond donors (Lipinski definition) is 1. The molecule has 1 aromatic heterocycles. The number of aryl methyl sites for hydroxylation is 1. The van der Waals surface area contributed by atoms with Gasteiger partial charge in [0.1, 0.15) is 5.76 Å². The molecule has 1 heterocycles. The summed E-state index contributed by atoms with van der Waals surface area (Å²) >= 11 is 0. The third kappa shape index (κ3) is 2.88. The van der Waals surface area contributed by atoms with E-state index in [9.17, 15) is 0 Å². The zero-order valence-corrected chi connectivity index (χ0v) is 8.83. The number of hydrogen-bond acceptors (Lipinski definition) is 2. The van der Waals surface area contributed by atoms with Gasteiger partial charge in [0, 0.05) is 12.5 Å². The van der Waals surface area contributed by atoms with E-state index in [1.54, 1.807) is 6.26 Å². The van der Waals surface area contributed by atoms with Crippen molar-refractivity contribution in [2.75, 3.05) is 7.05 Å². The zero-order chi connectivity index (χ0) is 9.80. The molecule has 14 heavy (non-hydrogen) atoms. The molecule has 1 saturated carbocycles. The van der Waals surface area contributed by atoms with Crippen molar-refractivity contribution in [1.29, 1.82) is 0 Å². The van der Waals surface area contributed by atoms with Crippen LogP contribution in [0.1, 0.15) is 31.4 Å². The monoisotopic (exact) mass is 193 g/mol. The Hall–Kier alpha value is -0.760. The second kappa shape index (κ2) is 4.65. The lowest BCUT2D eigenvalue weighted by Crippen LogP contribution is -2.26. The van der Waals surface area contributed by atoms with Gasteiger partial charge in [-0.25, -0.2) is 0 Å². The van der Waals surface area contributed by atoms with E-state index in [1.807, 2.05) is 6.07 Å². The van der Waals surface area contributed by atoms with E-state index in [-0.39, 0.29) is 0 Å². The van der Waals surface area contributed by atoms with Gasteiger partial charge in [0.05, 0.1) is 6.26 Å². The molecule has 0 spiro atoms. The molecular weight excluding hydrogens is 174 g/mol. The van der Waals surface area contributed by atoms with Crippen molar-refractivity contribution in [3.05, 3.63) is 24.2 Å². The summed E-state index contributed by atoms with van der Waals surface area (Å²) in [6.07, 6.45) is 8.24. The van der Waals surface area contributed by atoms with Gasteiger partial charge in [0.25, 0.3) is 0 Å². The van der Waals surface area contributed by atoms with Crippen LogP contribution in [0, 0.1) is 5.92 Å². The highest BCUT2D eigenvalue weighted by Gasteiger charge is 2.24. The molecule has 1 aliphatic carbocycles. The maximum atomic E-state index is 5.32. The number of rotatable bonds is 6. The standard InChI is InChI=1S/C12H19NO/c1-13-11(9-10-4-5-10)6-7-12-3-2-8-14-12/h2-3,8,10-11,13H,4-7,9H2,1H3. The molecule has 1 N–H and O–H groups in total. The summed E-state index contributed by atoms with van der Waals surface area (Å²) < 4.78 is 5.32. The molecule has 1 unspecified atom stereocenters. The topological polar surface area (TPSA) is 25.2 Å². The quantitative estimate of drug-likeness (QED) is 0.751. The summed E-state index contributed by atoms with van der Waals surface area (Å²) in [5.74, 6) is 2.12. The fourth-order valence-electron chi connectivity index (χ4n) is 1.91. The van der Waals surface area contributed by atoms with Crippen LogP contribution in [0.15, 0.2) is 22.8 Å². The van der Waals surface area contributed by atoms with E-state index in [0.717, 1.165) is 18.1 Å². The lowest BCUT2D eigenvalue weighted by Gasteiger charge is -2.14. The second-order valence-electron chi connectivity index (χ2n) is 4.28. The molecule has 1 fully saturated rings. The maximum absolute atomic E-state index is 5.32. The third-order valence-electron chi connectivity index (χ3n) is 3.04. The predicted octanol–water partition coefficient (Wildman–Crippen LogP) is 2.60. The zero-order valence-electron chi connectivity index (χ0n) is 8.83. The molecular formula is C12H19NO. The van der Waals surface area contributed by atoms with Crippen LogP contribution in [-0.2, 0) is 6.42 Å².